The molecule has 0 aliphatic heterocycles. The molecular formula is C15H19ClN2O2. The number of benzene rings is 1. The summed E-state index contributed by atoms with van der Waals surface area (Å²) in [5, 5.41) is 12.6. The predicted octanol–water partition coefficient (Wildman–Crippen LogP) is 3.75. The zero-order chi connectivity index (χ0) is 14.8. The molecule has 1 aromatic rings. The van der Waals surface area contributed by atoms with Gasteiger partial charge in [-0.2, -0.15) is 5.26 Å². The van der Waals surface area contributed by atoms with E-state index >= 15 is 0 Å². The molecule has 0 heterocycles. The summed E-state index contributed by atoms with van der Waals surface area (Å²) < 4.78 is 4.86. The molecule has 1 aromatic carbocycles. The van der Waals surface area contributed by atoms with E-state index in [1.807, 2.05) is 0 Å². The monoisotopic (exact) mass is 294 g/mol. The van der Waals surface area contributed by atoms with Crippen molar-refractivity contribution in [2.75, 3.05) is 18.5 Å². The van der Waals surface area contributed by atoms with Crippen molar-refractivity contribution in [3.05, 3.63) is 28.8 Å². The van der Waals surface area contributed by atoms with E-state index in [-0.39, 0.29) is 5.97 Å². The number of carbonyl (C=O) groups is 1. The van der Waals surface area contributed by atoms with Crippen LogP contribution in [-0.2, 0) is 9.53 Å². The van der Waals surface area contributed by atoms with Crippen molar-refractivity contribution < 1.29 is 9.53 Å². The molecule has 0 saturated heterocycles. The van der Waals surface area contributed by atoms with Crippen molar-refractivity contribution in [3.8, 4) is 6.07 Å². The Balaban J connectivity index is 2.22. The number of nitrogens with one attached hydrogen (secondary N) is 1. The third-order valence-electron chi connectivity index (χ3n) is 2.77. The minimum Gasteiger partial charge on any atom is -0.466 e. The highest BCUT2D eigenvalue weighted by atomic mass is 35.5. The average Bonchev–Trinajstić information content (AvgIpc) is 2.44. The molecule has 1 N–H and O–H groups in total. The van der Waals surface area contributed by atoms with Gasteiger partial charge in [0.1, 0.15) is 0 Å². The van der Waals surface area contributed by atoms with E-state index in [2.05, 4.69) is 11.4 Å². The van der Waals surface area contributed by atoms with Crippen molar-refractivity contribution in [1.29, 1.82) is 5.26 Å². The van der Waals surface area contributed by atoms with Gasteiger partial charge in [-0.1, -0.05) is 18.0 Å². The van der Waals surface area contributed by atoms with Crippen LogP contribution in [0.1, 0.15) is 38.2 Å². The van der Waals surface area contributed by atoms with Gasteiger partial charge in [0.25, 0.3) is 0 Å². The molecule has 0 spiro atoms. The van der Waals surface area contributed by atoms with E-state index in [0.717, 1.165) is 31.5 Å². The van der Waals surface area contributed by atoms with Gasteiger partial charge in [0, 0.05) is 13.0 Å². The van der Waals surface area contributed by atoms with Crippen molar-refractivity contribution in [2.45, 2.75) is 32.6 Å². The zero-order valence-electron chi connectivity index (χ0n) is 11.6. The minimum absolute atomic E-state index is 0.134. The number of nitrogens with zero attached hydrogens (tertiary/aromatic N) is 1. The van der Waals surface area contributed by atoms with E-state index in [1.54, 1.807) is 25.1 Å². The Labute approximate surface area is 124 Å². The number of nitriles is 1. The number of ether oxygens (including phenoxy) is 1. The summed E-state index contributed by atoms with van der Waals surface area (Å²) in [6.45, 7) is 3.01. The SMILES string of the molecule is CCOC(=O)CCCCCNc1cc(C#N)ccc1Cl. The van der Waals surface area contributed by atoms with Crippen LogP contribution in [-0.4, -0.2) is 19.1 Å². The largest absolute Gasteiger partial charge is 0.466 e. The Morgan fingerprint density at radius 1 is 1.40 bits per heavy atom. The summed E-state index contributed by atoms with van der Waals surface area (Å²) >= 11 is 6.04. The van der Waals surface area contributed by atoms with Crippen LogP contribution in [0.3, 0.4) is 0 Å². The molecule has 0 bridgehead atoms. The number of hydrogen-bond acceptors (Lipinski definition) is 4. The number of hydrogen-bond donors (Lipinski definition) is 1. The molecule has 0 saturated carbocycles. The molecule has 108 valence electrons. The first-order valence-corrected chi connectivity index (χ1v) is 7.14. The van der Waals surface area contributed by atoms with Gasteiger partial charge in [-0.05, 0) is 38.0 Å². The highest BCUT2D eigenvalue weighted by Crippen LogP contribution is 2.22. The second-order valence-electron chi connectivity index (χ2n) is 4.35. The molecule has 0 radical (unpaired) electrons. The normalized spacial score (nSPS) is 9.85. The van der Waals surface area contributed by atoms with Crippen molar-refractivity contribution in [3.63, 3.8) is 0 Å². The first-order valence-electron chi connectivity index (χ1n) is 6.76. The summed E-state index contributed by atoms with van der Waals surface area (Å²) in [6, 6.07) is 7.22. The topological polar surface area (TPSA) is 62.1 Å². The van der Waals surface area contributed by atoms with Crippen molar-refractivity contribution >= 4 is 23.3 Å². The van der Waals surface area contributed by atoms with Gasteiger partial charge < -0.3 is 10.1 Å². The molecule has 4 nitrogen and oxygen atoms in total. The van der Waals surface area contributed by atoms with E-state index in [1.165, 1.54) is 0 Å². The Kier molecular flexibility index (Phi) is 7.52. The molecule has 0 amide bonds. The number of carbonyl (C=O) groups excluding carboxylic acids is 1. The molecule has 0 atom stereocenters. The standard InChI is InChI=1S/C15H19ClN2O2/c1-2-20-15(19)6-4-3-5-9-18-14-10-12(11-17)7-8-13(14)16/h7-8,10,18H,2-6,9H2,1H3. The smallest absolute Gasteiger partial charge is 0.305 e. The Hall–Kier alpha value is -1.73. The lowest BCUT2D eigenvalue weighted by Gasteiger charge is -2.08. The fourth-order valence-electron chi connectivity index (χ4n) is 1.76. The van der Waals surface area contributed by atoms with Crippen LogP contribution >= 0.6 is 11.6 Å². The second-order valence-corrected chi connectivity index (χ2v) is 4.76. The molecule has 0 unspecified atom stereocenters. The maximum absolute atomic E-state index is 11.1. The first-order chi connectivity index (χ1) is 9.67. The number of esters is 1. The quantitative estimate of drug-likeness (QED) is 0.586. The van der Waals surface area contributed by atoms with Crippen LogP contribution in [0.5, 0.6) is 0 Å². The molecule has 0 aromatic heterocycles. The van der Waals surface area contributed by atoms with E-state index in [9.17, 15) is 4.79 Å². The molecule has 0 aliphatic carbocycles. The lowest BCUT2D eigenvalue weighted by Crippen LogP contribution is -2.05. The first kappa shape index (κ1) is 16.3. The number of rotatable bonds is 8. The van der Waals surface area contributed by atoms with Gasteiger partial charge in [0.2, 0.25) is 0 Å². The van der Waals surface area contributed by atoms with Crippen LogP contribution in [0.4, 0.5) is 5.69 Å². The molecule has 5 heteroatoms. The zero-order valence-corrected chi connectivity index (χ0v) is 12.4. The fraction of sp³-hybridized carbons (Fsp3) is 0.467. The Morgan fingerprint density at radius 2 is 2.20 bits per heavy atom. The molecule has 1 rings (SSSR count). The summed E-state index contributed by atoms with van der Waals surface area (Å²) in [6.07, 6.45) is 3.18. The maximum Gasteiger partial charge on any atom is 0.305 e. The summed E-state index contributed by atoms with van der Waals surface area (Å²) in [4.78, 5) is 11.1. The number of halogens is 1. The van der Waals surface area contributed by atoms with Gasteiger partial charge in [0.05, 0.1) is 28.9 Å². The summed E-state index contributed by atoms with van der Waals surface area (Å²) in [7, 11) is 0. The van der Waals surface area contributed by atoms with Gasteiger partial charge >= 0.3 is 5.97 Å². The second kappa shape index (κ2) is 9.22. The van der Waals surface area contributed by atoms with Gasteiger partial charge in [-0.15, -0.1) is 0 Å². The highest BCUT2D eigenvalue weighted by molar-refractivity contribution is 6.33. The van der Waals surface area contributed by atoms with Crippen LogP contribution < -0.4 is 5.32 Å². The van der Waals surface area contributed by atoms with Gasteiger partial charge in [-0.3, -0.25) is 4.79 Å². The summed E-state index contributed by atoms with van der Waals surface area (Å²) in [5.74, 6) is -0.134. The minimum atomic E-state index is -0.134. The average molecular weight is 295 g/mol. The molecular weight excluding hydrogens is 276 g/mol. The highest BCUT2D eigenvalue weighted by Gasteiger charge is 2.02. The molecule has 20 heavy (non-hydrogen) atoms. The lowest BCUT2D eigenvalue weighted by molar-refractivity contribution is -0.143. The molecule has 0 fully saturated rings. The van der Waals surface area contributed by atoms with Crippen LogP contribution in [0.2, 0.25) is 5.02 Å². The molecule has 0 aliphatic rings. The van der Waals surface area contributed by atoms with Crippen LogP contribution in [0, 0.1) is 11.3 Å². The van der Waals surface area contributed by atoms with Crippen LogP contribution in [0.15, 0.2) is 18.2 Å². The van der Waals surface area contributed by atoms with Crippen molar-refractivity contribution in [2.24, 2.45) is 0 Å². The van der Waals surface area contributed by atoms with Gasteiger partial charge in [-0.25, -0.2) is 0 Å². The van der Waals surface area contributed by atoms with Gasteiger partial charge in [0.15, 0.2) is 0 Å². The third kappa shape index (κ3) is 5.94. The Bertz CT molecular complexity index is 483. The Morgan fingerprint density at radius 3 is 2.90 bits per heavy atom. The number of anilines is 1. The summed E-state index contributed by atoms with van der Waals surface area (Å²) in [5.41, 5.74) is 1.36. The van der Waals surface area contributed by atoms with Crippen LogP contribution in [0.25, 0.3) is 0 Å². The van der Waals surface area contributed by atoms with Crippen molar-refractivity contribution in [1.82, 2.24) is 0 Å². The number of unbranched alkanes of at least 4 members (excludes halogenated alkanes) is 2. The predicted molar refractivity (Wildman–Crippen MR) is 79.8 cm³/mol. The fourth-order valence-corrected chi connectivity index (χ4v) is 1.94. The third-order valence-corrected chi connectivity index (χ3v) is 3.10. The van der Waals surface area contributed by atoms with E-state index < -0.39 is 0 Å². The maximum atomic E-state index is 11.1. The van der Waals surface area contributed by atoms with E-state index in [0.29, 0.717) is 23.6 Å². The lowest BCUT2D eigenvalue weighted by atomic mass is 10.2. The van der Waals surface area contributed by atoms with E-state index in [4.69, 9.17) is 21.6 Å².